The molecule has 0 N–H and O–H groups in total. The summed E-state index contributed by atoms with van der Waals surface area (Å²) in [5.41, 5.74) is 0. The SMILES string of the molecule is CC(S)N1CC2CC(C1)N2I. The maximum atomic E-state index is 4.44. The van der Waals surface area contributed by atoms with Crippen LogP contribution in [-0.4, -0.2) is 38.6 Å². The topological polar surface area (TPSA) is 6.48 Å². The summed E-state index contributed by atoms with van der Waals surface area (Å²) in [5.74, 6) is 0. The molecule has 64 valence electrons. The second kappa shape index (κ2) is 3.05. The standard InChI is InChI=1S/C7H13IN2S/c1-5(11)9-3-6-2-7(4-9)10(6)8/h5-7,11H,2-4H2,1H3. The molecule has 2 nitrogen and oxygen atoms in total. The molecule has 0 aromatic heterocycles. The van der Waals surface area contributed by atoms with Gasteiger partial charge in [0.25, 0.3) is 0 Å². The summed E-state index contributed by atoms with van der Waals surface area (Å²) in [4.78, 5) is 2.46. The van der Waals surface area contributed by atoms with Crippen molar-refractivity contribution in [2.45, 2.75) is 30.8 Å². The lowest BCUT2D eigenvalue weighted by molar-refractivity contribution is 0.0122. The van der Waals surface area contributed by atoms with Crippen LogP contribution in [0.25, 0.3) is 0 Å². The first-order chi connectivity index (χ1) is 5.18. The van der Waals surface area contributed by atoms with Crippen LogP contribution in [-0.2, 0) is 0 Å². The van der Waals surface area contributed by atoms with Crippen molar-refractivity contribution in [1.29, 1.82) is 0 Å². The van der Waals surface area contributed by atoms with Gasteiger partial charge in [-0.2, -0.15) is 12.6 Å². The highest BCUT2D eigenvalue weighted by atomic mass is 127. The molecular weight excluding hydrogens is 271 g/mol. The highest BCUT2D eigenvalue weighted by Crippen LogP contribution is 2.36. The fraction of sp³-hybridized carbons (Fsp3) is 1.00. The molecule has 3 heterocycles. The van der Waals surface area contributed by atoms with Gasteiger partial charge in [0, 0.05) is 48.0 Å². The number of hydrogen-bond acceptors (Lipinski definition) is 3. The fourth-order valence-corrected chi connectivity index (χ4v) is 2.90. The van der Waals surface area contributed by atoms with Crippen molar-refractivity contribution in [3.63, 3.8) is 0 Å². The molecule has 3 unspecified atom stereocenters. The zero-order chi connectivity index (χ0) is 8.01. The number of nitrogens with zero attached hydrogens (tertiary/aromatic N) is 2. The maximum absolute atomic E-state index is 4.44. The third-order valence-corrected chi connectivity index (χ3v) is 4.56. The van der Waals surface area contributed by atoms with Gasteiger partial charge >= 0.3 is 0 Å². The summed E-state index contributed by atoms with van der Waals surface area (Å²) in [6.45, 7) is 4.58. The van der Waals surface area contributed by atoms with Gasteiger partial charge in [0.2, 0.25) is 0 Å². The van der Waals surface area contributed by atoms with Gasteiger partial charge in [-0.05, 0) is 13.3 Å². The summed E-state index contributed by atoms with van der Waals surface area (Å²) in [6.07, 6.45) is 1.40. The van der Waals surface area contributed by atoms with Crippen molar-refractivity contribution in [2.75, 3.05) is 13.1 Å². The van der Waals surface area contributed by atoms with Crippen LogP contribution in [0.3, 0.4) is 0 Å². The molecule has 0 amide bonds. The molecule has 0 aromatic rings. The van der Waals surface area contributed by atoms with E-state index >= 15 is 0 Å². The molecule has 11 heavy (non-hydrogen) atoms. The van der Waals surface area contributed by atoms with Crippen LogP contribution in [0.1, 0.15) is 13.3 Å². The van der Waals surface area contributed by atoms with E-state index in [1.54, 1.807) is 0 Å². The Balaban J connectivity index is 1.94. The first kappa shape index (κ1) is 8.59. The number of piperidine rings is 1. The number of fused-ring (bicyclic) bond motifs is 2. The van der Waals surface area contributed by atoms with E-state index in [1.807, 2.05) is 0 Å². The third kappa shape index (κ3) is 1.43. The Kier molecular flexibility index (Phi) is 2.38. The molecule has 3 saturated heterocycles. The molecule has 3 atom stereocenters. The van der Waals surface area contributed by atoms with Crippen LogP contribution in [0.4, 0.5) is 0 Å². The van der Waals surface area contributed by atoms with Crippen LogP contribution in [0, 0.1) is 0 Å². The Morgan fingerprint density at radius 2 is 2.00 bits per heavy atom. The minimum absolute atomic E-state index is 0.436. The van der Waals surface area contributed by atoms with Gasteiger partial charge in [-0.3, -0.25) is 4.90 Å². The maximum Gasteiger partial charge on any atom is 0.0500 e. The van der Waals surface area contributed by atoms with E-state index in [4.69, 9.17) is 0 Å². The Labute approximate surface area is 87.2 Å². The Hall–Kier alpha value is 1.00. The van der Waals surface area contributed by atoms with Crippen LogP contribution in [0.5, 0.6) is 0 Å². The molecule has 0 saturated carbocycles. The van der Waals surface area contributed by atoms with Gasteiger partial charge < -0.3 is 0 Å². The monoisotopic (exact) mass is 284 g/mol. The van der Waals surface area contributed by atoms with Gasteiger partial charge in [0.05, 0.1) is 5.37 Å². The lowest BCUT2D eigenvalue weighted by Gasteiger charge is -2.54. The van der Waals surface area contributed by atoms with Gasteiger partial charge in [-0.1, -0.05) is 0 Å². The Morgan fingerprint density at radius 3 is 2.36 bits per heavy atom. The largest absolute Gasteiger partial charge is 0.289 e. The van der Waals surface area contributed by atoms with Gasteiger partial charge in [0.15, 0.2) is 0 Å². The van der Waals surface area contributed by atoms with E-state index in [0.29, 0.717) is 5.37 Å². The summed E-state index contributed by atoms with van der Waals surface area (Å²) in [7, 11) is 0. The molecule has 3 aliphatic rings. The first-order valence-corrected chi connectivity index (χ1v) is 5.53. The highest BCUT2D eigenvalue weighted by Gasteiger charge is 2.43. The molecule has 0 spiro atoms. The second-order valence-electron chi connectivity index (χ2n) is 3.47. The molecule has 0 radical (unpaired) electrons. The summed E-state index contributed by atoms with van der Waals surface area (Å²) >= 11 is 6.88. The zero-order valence-corrected chi connectivity index (χ0v) is 9.62. The average molecular weight is 284 g/mol. The third-order valence-electron chi connectivity index (χ3n) is 2.66. The van der Waals surface area contributed by atoms with Crippen molar-refractivity contribution >= 4 is 35.5 Å². The second-order valence-corrected chi connectivity index (χ2v) is 5.33. The van der Waals surface area contributed by atoms with Crippen molar-refractivity contribution in [3.8, 4) is 0 Å². The predicted molar refractivity (Wildman–Crippen MR) is 58.1 cm³/mol. The number of piperazine rings is 1. The zero-order valence-electron chi connectivity index (χ0n) is 6.57. The average Bonchev–Trinajstić information content (AvgIpc) is 2.03. The number of rotatable bonds is 1. The quantitative estimate of drug-likeness (QED) is 0.441. The molecular formula is C7H13IN2S. The van der Waals surface area contributed by atoms with Crippen molar-refractivity contribution in [1.82, 2.24) is 8.01 Å². The van der Waals surface area contributed by atoms with E-state index in [1.165, 1.54) is 19.5 Å². The normalized spacial score (nSPS) is 41.7. The number of hydrogen-bond donors (Lipinski definition) is 1. The summed E-state index contributed by atoms with van der Waals surface area (Å²) < 4.78 is 2.46. The van der Waals surface area contributed by atoms with Crippen LogP contribution >= 0.6 is 35.5 Å². The lowest BCUT2D eigenvalue weighted by Crippen LogP contribution is -2.65. The molecule has 0 aliphatic carbocycles. The highest BCUT2D eigenvalue weighted by molar-refractivity contribution is 14.1. The lowest BCUT2D eigenvalue weighted by atomic mass is 9.91. The molecule has 3 fully saturated rings. The minimum Gasteiger partial charge on any atom is -0.289 e. The minimum atomic E-state index is 0.436. The van der Waals surface area contributed by atoms with Gasteiger partial charge in [-0.15, -0.1) is 0 Å². The Bertz CT molecular complexity index is 153. The van der Waals surface area contributed by atoms with E-state index < -0.39 is 0 Å². The molecule has 0 aromatic carbocycles. The molecule has 2 bridgehead atoms. The summed E-state index contributed by atoms with van der Waals surface area (Å²) in [6, 6.07) is 1.62. The van der Waals surface area contributed by atoms with Gasteiger partial charge in [-0.25, -0.2) is 3.11 Å². The molecule has 4 heteroatoms. The Morgan fingerprint density at radius 1 is 1.45 bits per heavy atom. The number of halogens is 1. The fourth-order valence-electron chi connectivity index (χ4n) is 1.90. The van der Waals surface area contributed by atoms with Crippen LogP contribution in [0.2, 0.25) is 0 Å². The van der Waals surface area contributed by atoms with Crippen molar-refractivity contribution in [3.05, 3.63) is 0 Å². The molecule has 3 aliphatic heterocycles. The van der Waals surface area contributed by atoms with E-state index in [2.05, 4.69) is 50.4 Å². The summed E-state index contributed by atoms with van der Waals surface area (Å²) in [5, 5.41) is 0.436. The van der Waals surface area contributed by atoms with E-state index in [0.717, 1.165) is 12.1 Å². The van der Waals surface area contributed by atoms with E-state index in [-0.39, 0.29) is 0 Å². The molecule has 3 rings (SSSR count). The number of thiol groups is 1. The van der Waals surface area contributed by atoms with Crippen molar-refractivity contribution in [2.24, 2.45) is 0 Å². The van der Waals surface area contributed by atoms with Gasteiger partial charge in [0.1, 0.15) is 0 Å². The smallest absolute Gasteiger partial charge is 0.0500 e. The van der Waals surface area contributed by atoms with E-state index in [9.17, 15) is 0 Å². The predicted octanol–water partition coefficient (Wildman–Crippen LogP) is 1.37. The first-order valence-electron chi connectivity index (χ1n) is 4.04. The van der Waals surface area contributed by atoms with Crippen LogP contribution < -0.4 is 0 Å². The van der Waals surface area contributed by atoms with Crippen molar-refractivity contribution < 1.29 is 0 Å². The van der Waals surface area contributed by atoms with Crippen LogP contribution in [0.15, 0.2) is 0 Å².